The van der Waals surface area contributed by atoms with E-state index in [4.69, 9.17) is 4.52 Å². The van der Waals surface area contributed by atoms with Gasteiger partial charge in [0.05, 0.1) is 4.83 Å². The number of hydrogen-bond donors (Lipinski definition) is 0. The Bertz CT molecular complexity index is 441. The van der Waals surface area contributed by atoms with Crippen molar-refractivity contribution in [2.45, 2.75) is 24.6 Å². The van der Waals surface area contributed by atoms with Gasteiger partial charge in [0.25, 0.3) is 0 Å². The van der Waals surface area contributed by atoms with Crippen LogP contribution in [0.4, 0.5) is 0 Å². The molecule has 0 fully saturated rings. The summed E-state index contributed by atoms with van der Waals surface area (Å²) in [5, 5.41) is 3.97. The number of benzene rings is 1. The van der Waals surface area contributed by atoms with Crippen molar-refractivity contribution in [3.63, 3.8) is 0 Å². The molecule has 0 aliphatic carbocycles. The van der Waals surface area contributed by atoms with E-state index >= 15 is 0 Å². The smallest absolute Gasteiger partial charge is 0.240 e. The zero-order valence-corrected chi connectivity index (χ0v) is 10.6. The van der Waals surface area contributed by atoms with Gasteiger partial charge >= 0.3 is 0 Å². The van der Waals surface area contributed by atoms with Crippen molar-refractivity contribution >= 4 is 15.9 Å². The molecule has 1 aromatic heterocycles. The molecule has 0 aliphatic heterocycles. The van der Waals surface area contributed by atoms with E-state index < -0.39 is 0 Å². The number of nitrogens with zero attached hydrogens (tertiary/aromatic N) is 2. The summed E-state index contributed by atoms with van der Waals surface area (Å²) in [5.41, 5.74) is 0.980. The Hall–Kier alpha value is -1.16. The average Bonchev–Trinajstić information content (AvgIpc) is 2.80. The molecule has 0 N–H and O–H groups in total. The van der Waals surface area contributed by atoms with E-state index in [1.54, 1.807) is 0 Å². The Morgan fingerprint density at radius 1 is 1.31 bits per heavy atom. The molecular formula is C12H13BrN2O. The van der Waals surface area contributed by atoms with E-state index in [1.807, 2.05) is 30.3 Å². The molecule has 3 nitrogen and oxygen atoms in total. The maximum absolute atomic E-state index is 5.23. The van der Waals surface area contributed by atoms with Gasteiger partial charge in [0.15, 0.2) is 0 Å². The topological polar surface area (TPSA) is 38.9 Å². The molecule has 0 amide bonds. The minimum absolute atomic E-state index is 0.155. The highest BCUT2D eigenvalue weighted by molar-refractivity contribution is 9.09. The highest BCUT2D eigenvalue weighted by Gasteiger charge is 2.15. The fraction of sp³-hybridized carbons (Fsp3) is 0.333. The maximum Gasteiger partial charge on any atom is 0.240 e. The van der Waals surface area contributed by atoms with Crippen LogP contribution in [0.25, 0.3) is 11.4 Å². The minimum Gasteiger partial charge on any atom is -0.338 e. The Morgan fingerprint density at radius 2 is 2.06 bits per heavy atom. The predicted molar refractivity (Wildman–Crippen MR) is 66.3 cm³/mol. The lowest BCUT2D eigenvalue weighted by molar-refractivity contribution is 0.374. The molecule has 0 bridgehead atoms. The third kappa shape index (κ3) is 2.50. The van der Waals surface area contributed by atoms with Gasteiger partial charge in [0, 0.05) is 5.56 Å². The van der Waals surface area contributed by atoms with Crippen LogP contribution in [0, 0.1) is 0 Å². The summed E-state index contributed by atoms with van der Waals surface area (Å²) in [7, 11) is 0. The van der Waals surface area contributed by atoms with Gasteiger partial charge in [-0.25, -0.2) is 0 Å². The lowest BCUT2D eigenvalue weighted by Gasteiger charge is -1.99. The van der Waals surface area contributed by atoms with E-state index in [2.05, 4.69) is 33.0 Å². The van der Waals surface area contributed by atoms with Crippen molar-refractivity contribution in [2.24, 2.45) is 0 Å². The number of hydrogen-bond acceptors (Lipinski definition) is 3. The van der Waals surface area contributed by atoms with E-state index in [0.29, 0.717) is 11.7 Å². The highest BCUT2D eigenvalue weighted by atomic mass is 79.9. The molecule has 1 unspecified atom stereocenters. The highest BCUT2D eigenvalue weighted by Crippen LogP contribution is 2.27. The largest absolute Gasteiger partial charge is 0.338 e. The van der Waals surface area contributed by atoms with Crippen LogP contribution < -0.4 is 0 Å². The van der Waals surface area contributed by atoms with Crippen molar-refractivity contribution in [1.82, 2.24) is 10.1 Å². The third-order valence-electron chi connectivity index (χ3n) is 2.28. The molecule has 16 heavy (non-hydrogen) atoms. The summed E-state index contributed by atoms with van der Waals surface area (Å²) in [6.07, 6.45) is 2.08. The molecule has 4 heteroatoms. The van der Waals surface area contributed by atoms with Crippen LogP contribution in [0.15, 0.2) is 34.9 Å². The first-order valence-electron chi connectivity index (χ1n) is 5.34. The van der Waals surface area contributed by atoms with Crippen LogP contribution in [0.2, 0.25) is 0 Å². The standard InChI is InChI=1S/C12H13BrN2O/c1-2-6-10(13)12-14-11(15-16-12)9-7-4-3-5-8-9/h3-5,7-8,10H,2,6H2,1H3. The molecule has 1 heterocycles. The van der Waals surface area contributed by atoms with Crippen LogP contribution >= 0.6 is 15.9 Å². The van der Waals surface area contributed by atoms with Crippen LogP contribution in [0.1, 0.15) is 30.5 Å². The quantitative estimate of drug-likeness (QED) is 0.796. The van der Waals surface area contributed by atoms with E-state index in [-0.39, 0.29) is 4.83 Å². The van der Waals surface area contributed by atoms with E-state index in [1.165, 1.54) is 0 Å². The van der Waals surface area contributed by atoms with E-state index in [9.17, 15) is 0 Å². The van der Waals surface area contributed by atoms with Gasteiger partial charge < -0.3 is 4.52 Å². The van der Waals surface area contributed by atoms with Crippen LogP contribution in [0.5, 0.6) is 0 Å². The number of halogens is 1. The fourth-order valence-corrected chi connectivity index (χ4v) is 2.09. The summed E-state index contributed by atoms with van der Waals surface area (Å²) >= 11 is 3.54. The summed E-state index contributed by atoms with van der Waals surface area (Å²) in [5.74, 6) is 1.30. The first-order chi connectivity index (χ1) is 7.81. The second-order valence-electron chi connectivity index (χ2n) is 3.58. The lowest BCUT2D eigenvalue weighted by Crippen LogP contribution is -1.89. The molecule has 1 aromatic carbocycles. The van der Waals surface area contributed by atoms with Crippen LogP contribution in [-0.4, -0.2) is 10.1 Å². The first kappa shape index (κ1) is 11.3. The number of alkyl halides is 1. The van der Waals surface area contributed by atoms with Gasteiger partial charge in [0.1, 0.15) is 0 Å². The Labute approximate surface area is 103 Å². The fourth-order valence-electron chi connectivity index (χ4n) is 1.44. The number of rotatable bonds is 4. The molecule has 2 aromatic rings. The Kier molecular flexibility index (Phi) is 3.72. The average molecular weight is 281 g/mol. The maximum atomic E-state index is 5.23. The SMILES string of the molecule is CCCC(Br)c1nc(-c2ccccc2)no1. The molecule has 0 aliphatic rings. The summed E-state index contributed by atoms with van der Waals surface area (Å²) in [6.45, 7) is 2.13. The van der Waals surface area contributed by atoms with Gasteiger partial charge in [-0.2, -0.15) is 4.98 Å². The van der Waals surface area contributed by atoms with Gasteiger partial charge in [-0.1, -0.05) is 64.8 Å². The predicted octanol–water partition coefficient (Wildman–Crippen LogP) is 3.97. The molecule has 2 rings (SSSR count). The van der Waals surface area contributed by atoms with Crippen molar-refractivity contribution < 1.29 is 4.52 Å². The molecule has 0 radical (unpaired) electrons. The summed E-state index contributed by atoms with van der Waals surface area (Å²) < 4.78 is 5.23. The minimum atomic E-state index is 0.155. The van der Waals surface area contributed by atoms with E-state index in [0.717, 1.165) is 18.4 Å². The Morgan fingerprint density at radius 3 is 2.75 bits per heavy atom. The van der Waals surface area contributed by atoms with Crippen LogP contribution in [-0.2, 0) is 0 Å². The van der Waals surface area contributed by atoms with Gasteiger partial charge in [-0.05, 0) is 6.42 Å². The molecule has 1 atom stereocenters. The normalized spacial score (nSPS) is 12.6. The van der Waals surface area contributed by atoms with Crippen LogP contribution in [0.3, 0.4) is 0 Å². The molecule has 0 spiro atoms. The summed E-state index contributed by atoms with van der Waals surface area (Å²) in [6, 6.07) is 9.83. The summed E-state index contributed by atoms with van der Waals surface area (Å²) in [4.78, 5) is 4.53. The second kappa shape index (κ2) is 5.25. The van der Waals surface area contributed by atoms with Gasteiger partial charge in [0.2, 0.25) is 11.7 Å². The van der Waals surface area contributed by atoms with Gasteiger partial charge in [-0.15, -0.1) is 0 Å². The van der Waals surface area contributed by atoms with Crippen molar-refractivity contribution in [3.05, 3.63) is 36.2 Å². The zero-order valence-electron chi connectivity index (χ0n) is 9.06. The second-order valence-corrected chi connectivity index (χ2v) is 4.68. The zero-order chi connectivity index (χ0) is 11.4. The van der Waals surface area contributed by atoms with Crippen molar-refractivity contribution in [1.29, 1.82) is 0 Å². The Balaban J connectivity index is 2.20. The molecule has 84 valence electrons. The van der Waals surface area contributed by atoms with Gasteiger partial charge in [-0.3, -0.25) is 0 Å². The first-order valence-corrected chi connectivity index (χ1v) is 6.26. The lowest BCUT2D eigenvalue weighted by atomic mass is 10.2. The molecule has 0 saturated carbocycles. The molecular weight excluding hydrogens is 268 g/mol. The molecule has 0 saturated heterocycles. The monoisotopic (exact) mass is 280 g/mol. The van der Waals surface area contributed by atoms with Crippen molar-refractivity contribution in [2.75, 3.05) is 0 Å². The third-order valence-corrected chi connectivity index (χ3v) is 3.13. The van der Waals surface area contributed by atoms with Crippen molar-refractivity contribution in [3.8, 4) is 11.4 Å². The number of aromatic nitrogens is 2.